The second kappa shape index (κ2) is 10.5. The second-order valence-corrected chi connectivity index (χ2v) is 6.91. The zero-order chi connectivity index (χ0) is 23.1. The Morgan fingerprint density at radius 1 is 1.00 bits per heavy atom. The van der Waals surface area contributed by atoms with Crippen LogP contribution in [-0.2, 0) is 6.54 Å². The molecule has 0 radical (unpaired) electrons. The second-order valence-electron chi connectivity index (χ2n) is 6.91. The average Bonchev–Trinajstić information content (AvgIpc) is 2.79. The molecule has 1 aromatic heterocycles. The molecule has 0 aliphatic heterocycles. The highest BCUT2D eigenvalue weighted by molar-refractivity contribution is 6.06. The summed E-state index contributed by atoms with van der Waals surface area (Å²) in [6.07, 6.45) is 2.58. The van der Waals surface area contributed by atoms with Crippen LogP contribution < -0.4 is 21.1 Å². The topological polar surface area (TPSA) is 102 Å². The first-order chi connectivity index (χ1) is 15.4. The first-order valence-corrected chi connectivity index (χ1v) is 10.1. The molecular formula is C22H22F2N4O4. The van der Waals surface area contributed by atoms with Gasteiger partial charge in [-0.2, -0.15) is 13.9 Å². The van der Waals surface area contributed by atoms with E-state index >= 15 is 0 Å². The van der Waals surface area contributed by atoms with Gasteiger partial charge in [0.25, 0.3) is 17.4 Å². The van der Waals surface area contributed by atoms with Gasteiger partial charge in [-0.3, -0.25) is 25.2 Å². The standard InChI is InChI=1S/C22H22F2N4O4/c1-2-3-8-13-28-21(31)15-10-5-4-9-14(15)18(27-28)20(30)26-25-19(29)16-11-6-7-12-17(16)32-22(23)24/h4-7,9-12,22H,2-3,8,13H2,1H3,(H,25,29)(H,26,30). The first-order valence-electron chi connectivity index (χ1n) is 10.1. The number of amides is 2. The van der Waals surface area contributed by atoms with Crippen molar-refractivity contribution in [1.29, 1.82) is 0 Å². The molecule has 168 valence electrons. The molecule has 0 aliphatic rings. The molecule has 32 heavy (non-hydrogen) atoms. The molecule has 0 aliphatic carbocycles. The Bertz CT molecular complexity index is 1180. The summed E-state index contributed by atoms with van der Waals surface area (Å²) >= 11 is 0. The van der Waals surface area contributed by atoms with Crippen molar-refractivity contribution in [1.82, 2.24) is 20.6 Å². The van der Waals surface area contributed by atoms with Crippen molar-refractivity contribution in [3.05, 3.63) is 70.1 Å². The Kier molecular flexibility index (Phi) is 7.48. The van der Waals surface area contributed by atoms with Gasteiger partial charge in [-0.05, 0) is 24.6 Å². The summed E-state index contributed by atoms with van der Waals surface area (Å²) in [7, 11) is 0. The van der Waals surface area contributed by atoms with Gasteiger partial charge in [0.05, 0.1) is 10.9 Å². The van der Waals surface area contributed by atoms with Crippen molar-refractivity contribution in [3.63, 3.8) is 0 Å². The Hall–Kier alpha value is -3.82. The number of aryl methyl sites for hydroxylation is 1. The van der Waals surface area contributed by atoms with Gasteiger partial charge in [-0.15, -0.1) is 0 Å². The van der Waals surface area contributed by atoms with Crippen LogP contribution in [0.2, 0.25) is 0 Å². The molecule has 3 rings (SSSR count). The normalized spacial score (nSPS) is 10.9. The Morgan fingerprint density at radius 3 is 2.38 bits per heavy atom. The number of hydrogen-bond acceptors (Lipinski definition) is 5. The van der Waals surface area contributed by atoms with Gasteiger partial charge >= 0.3 is 6.61 Å². The van der Waals surface area contributed by atoms with Gasteiger partial charge in [0.15, 0.2) is 5.69 Å². The summed E-state index contributed by atoms with van der Waals surface area (Å²) in [5.41, 5.74) is 3.85. The van der Waals surface area contributed by atoms with E-state index < -0.39 is 18.4 Å². The number of alkyl halides is 2. The van der Waals surface area contributed by atoms with E-state index in [0.29, 0.717) is 17.3 Å². The number of halogens is 2. The van der Waals surface area contributed by atoms with Crippen molar-refractivity contribution in [2.45, 2.75) is 39.3 Å². The van der Waals surface area contributed by atoms with E-state index in [9.17, 15) is 23.2 Å². The van der Waals surface area contributed by atoms with Crippen LogP contribution in [0.4, 0.5) is 8.78 Å². The van der Waals surface area contributed by atoms with Gasteiger partial charge in [-0.25, -0.2) is 4.68 Å². The quantitative estimate of drug-likeness (QED) is 0.410. The maximum atomic E-state index is 12.8. The summed E-state index contributed by atoms with van der Waals surface area (Å²) in [5, 5.41) is 4.85. The molecule has 0 saturated carbocycles. The van der Waals surface area contributed by atoms with Gasteiger partial charge in [0, 0.05) is 11.9 Å². The average molecular weight is 444 g/mol. The first kappa shape index (κ1) is 22.9. The molecule has 0 bridgehead atoms. The van der Waals surface area contributed by atoms with E-state index in [1.807, 2.05) is 6.92 Å². The number of carbonyl (C=O) groups excluding carboxylic acids is 2. The van der Waals surface area contributed by atoms with Crippen LogP contribution in [-0.4, -0.2) is 28.2 Å². The molecule has 2 N–H and O–H groups in total. The minimum absolute atomic E-state index is 0.0471. The number of aromatic nitrogens is 2. The summed E-state index contributed by atoms with van der Waals surface area (Å²) in [6, 6.07) is 11.9. The van der Waals surface area contributed by atoms with E-state index in [1.54, 1.807) is 24.3 Å². The molecule has 0 atom stereocenters. The lowest BCUT2D eigenvalue weighted by Gasteiger charge is -2.13. The summed E-state index contributed by atoms with van der Waals surface area (Å²) in [4.78, 5) is 37.9. The largest absolute Gasteiger partial charge is 0.434 e. The Labute approximate surface area is 182 Å². The lowest BCUT2D eigenvalue weighted by molar-refractivity contribution is -0.0501. The molecule has 0 unspecified atom stereocenters. The highest BCUT2D eigenvalue weighted by atomic mass is 19.3. The van der Waals surface area contributed by atoms with Crippen molar-refractivity contribution in [2.75, 3.05) is 0 Å². The molecule has 0 saturated heterocycles. The Morgan fingerprint density at radius 2 is 1.66 bits per heavy atom. The number of hydrazine groups is 1. The zero-order valence-corrected chi connectivity index (χ0v) is 17.3. The predicted octanol–water partition coefficient (Wildman–Crippen LogP) is 3.26. The number of rotatable bonds is 8. The fourth-order valence-electron chi connectivity index (χ4n) is 3.16. The third-order valence-corrected chi connectivity index (χ3v) is 4.69. The molecule has 0 spiro atoms. The molecule has 1 heterocycles. The third kappa shape index (κ3) is 5.26. The van der Waals surface area contributed by atoms with Crippen LogP contribution in [0.3, 0.4) is 0 Å². The van der Waals surface area contributed by atoms with Crippen LogP contribution in [0, 0.1) is 0 Å². The zero-order valence-electron chi connectivity index (χ0n) is 17.3. The summed E-state index contributed by atoms with van der Waals surface area (Å²) in [5.74, 6) is -1.94. The highest BCUT2D eigenvalue weighted by Crippen LogP contribution is 2.20. The molecule has 8 nitrogen and oxygen atoms in total. The number of ether oxygens (including phenoxy) is 1. The summed E-state index contributed by atoms with van der Waals surface area (Å²) in [6.45, 7) is -0.728. The number of benzene rings is 2. The number of unbranched alkanes of at least 4 members (excludes halogenated alkanes) is 2. The smallest absolute Gasteiger partial charge is 0.387 e. The number of hydrogen-bond donors (Lipinski definition) is 2. The van der Waals surface area contributed by atoms with Crippen molar-refractivity contribution >= 4 is 22.6 Å². The number of nitrogens with one attached hydrogen (secondary N) is 2. The van der Waals surface area contributed by atoms with Crippen LogP contribution >= 0.6 is 0 Å². The molecule has 2 amide bonds. The lowest BCUT2D eigenvalue weighted by Crippen LogP contribution is -2.43. The van der Waals surface area contributed by atoms with E-state index in [1.165, 1.54) is 28.9 Å². The van der Waals surface area contributed by atoms with Crippen LogP contribution in [0.1, 0.15) is 47.0 Å². The predicted molar refractivity (Wildman–Crippen MR) is 114 cm³/mol. The number of fused-ring (bicyclic) bond motifs is 1. The molecule has 10 heteroatoms. The van der Waals surface area contributed by atoms with E-state index in [2.05, 4.69) is 20.7 Å². The van der Waals surface area contributed by atoms with Gasteiger partial charge in [0.2, 0.25) is 0 Å². The lowest BCUT2D eigenvalue weighted by atomic mass is 10.1. The van der Waals surface area contributed by atoms with E-state index in [0.717, 1.165) is 19.3 Å². The van der Waals surface area contributed by atoms with E-state index in [4.69, 9.17) is 0 Å². The van der Waals surface area contributed by atoms with Crippen molar-refractivity contribution in [3.8, 4) is 5.75 Å². The maximum Gasteiger partial charge on any atom is 0.387 e. The molecular weight excluding hydrogens is 422 g/mol. The highest BCUT2D eigenvalue weighted by Gasteiger charge is 2.19. The van der Waals surface area contributed by atoms with Crippen molar-refractivity contribution in [2.24, 2.45) is 0 Å². The van der Waals surface area contributed by atoms with Gasteiger partial charge in [-0.1, -0.05) is 50.1 Å². The fourth-order valence-corrected chi connectivity index (χ4v) is 3.16. The van der Waals surface area contributed by atoms with Crippen LogP contribution in [0.5, 0.6) is 5.75 Å². The minimum atomic E-state index is -3.11. The monoisotopic (exact) mass is 444 g/mol. The van der Waals surface area contributed by atoms with Gasteiger partial charge < -0.3 is 4.74 Å². The SMILES string of the molecule is CCCCCn1nc(C(=O)NNC(=O)c2ccccc2OC(F)F)c2ccccc2c1=O. The molecule has 3 aromatic rings. The van der Waals surface area contributed by atoms with Crippen LogP contribution in [0.25, 0.3) is 10.8 Å². The fraction of sp³-hybridized carbons (Fsp3) is 0.273. The molecule has 2 aromatic carbocycles. The van der Waals surface area contributed by atoms with Crippen LogP contribution in [0.15, 0.2) is 53.3 Å². The minimum Gasteiger partial charge on any atom is -0.434 e. The maximum absolute atomic E-state index is 12.8. The number of para-hydroxylation sites is 1. The van der Waals surface area contributed by atoms with Gasteiger partial charge in [0.1, 0.15) is 5.75 Å². The number of nitrogens with zero attached hydrogens (tertiary/aromatic N) is 2. The third-order valence-electron chi connectivity index (χ3n) is 4.69. The van der Waals surface area contributed by atoms with E-state index in [-0.39, 0.29) is 22.6 Å². The van der Waals surface area contributed by atoms with Crippen molar-refractivity contribution < 1.29 is 23.1 Å². The molecule has 0 fully saturated rings. The summed E-state index contributed by atoms with van der Waals surface area (Å²) < 4.78 is 30.7. The Balaban J connectivity index is 1.84. The number of carbonyl (C=O) groups is 2.